The van der Waals surface area contributed by atoms with E-state index in [9.17, 15) is 22.4 Å². The van der Waals surface area contributed by atoms with Gasteiger partial charge in [0.25, 0.3) is 11.8 Å². The molecule has 3 N–H and O–H groups in total. The lowest BCUT2D eigenvalue weighted by molar-refractivity contribution is -0.0502. The molecule has 4 nitrogen and oxygen atoms in total. The number of alkyl halides is 4. The quantitative estimate of drug-likeness (QED) is 0.775. The molecule has 1 aromatic rings. The van der Waals surface area contributed by atoms with Crippen LogP contribution in [0.15, 0.2) is 18.2 Å². The van der Waals surface area contributed by atoms with Crippen molar-refractivity contribution in [3.8, 4) is 5.75 Å². The average molecular weight is 351 g/mol. The Kier molecular flexibility index (Phi) is 7.76. The number of nitrogens with two attached hydrogens (primary N) is 1. The minimum atomic E-state index is -3.29. The minimum absolute atomic E-state index is 0. The highest BCUT2D eigenvalue weighted by Crippen LogP contribution is 2.24. The molecular weight excluding hydrogens is 339 g/mol. The van der Waals surface area contributed by atoms with Crippen molar-refractivity contribution < 1.29 is 27.1 Å². The fourth-order valence-electron chi connectivity index (χ4n) is 1.26. The molecule has 1 rings (SSSR count). The second kappa shape index (κ2) is 8.26. The van der Waals surface area contributed by atoms with Gasteiger partial charge in [0.1, 0.15) is 5.75 Å². The predicted octanol–water partition coefficient (Wildman–Crippen LogP) is 2.69. The summed E-state index contributed by atoms with van der Waals surface area (Å²) in [7, 11) is 0. The molecular formula is C11H12Cl2F4N2O2. The highest BCUT2D eigenvalue weighted by atomic mass is 35.5. The number of ether oxygens (including phenoxy) is 1. The molecule has 0 unspecified atom stereocenters. The summed E-state index contributed by atoms with van der Waals surface area (Å²) in [6.45, 7) is -5.14. The van der Waals surface area contributed by atoms with Crippen LogP contribution in [0.5, 0.6) is 5.75 Å². The predicted molar refractivity (Wildman–Crippen MR) is 71.7 cm³/mol. The molecule has 0 heterocycles. The highest BCUT2D eigenvalue weighted by Gasteiger charge is 2.28. The zero-order valence-electron chi connectivity index (χ0n) is 10.4. The number of halogens is 6. The SMILES string of the molecule is Cl.NCC(F)(F)CNC(=O)c1cc(Cl)ccc1OC(F)F. The van der Waals surface area contributed by atoms with Crippen LogP contribution in [-0.4, -0.2) is 31.5 Å². The first-order chi connectivity index (χ1) is 9.25. The first-order valence-corrected chi connectivity index (χ1v) is 5.73. The van der Waals surface area contributed by atoms with E-state index >= 15 is 0 Å². The van der Waals surface area contributed by atoms with E-state index in [4.69, 9.17) is 17.3 Å². The maximum absolute atomic E-state index is 12.9. The molecule has 0 aliphatic heterocycles. The van der Waals surface area contributed by atoms with Gasteiger partial charge in [0.2, 0.25) is 0 Å². The van der Waals surface area contributed by atoms with Gasteiger partial charge in [0.05, 0.1) is 18.7 Å². The van der Waals surface area contributed by atoms with E-state index in [2.05, 4.69) is 4.74 Å². The van der Waals surface area contributed by atoms with Crippen molar-refractivity contribution in [2.45, 2.75) is 12.5 Å². The van der Waals surface area contributed by atoms with Gasteiger partial charge in [0, 0.05) is 5.02 Å². The second-order valence-electron chi connectivity index (χ2n) is 3.76. The van der Waals surface area contributed by atoms with E-state index in [-0.39, 0.29) is 23.0 Å². The minimum Gasteiger partial charge on any atom is -0.434 e. The first kappa shape index (κ1) is 19.8. The van der Waals surface area contributed by atoms with Crippen molar-refractivity contribution in [2.75, 3.05) is 13.1 Å². The van der Waals surface area contributed by atoms with Gasteiger partial charge < -0.3 is 15.8 Å². The maximum Gasteiger partial charge on any atom is 0.387 e. The Morgan fingerprint density at radius 2 is 2.05 bits per heavy atom. The molecule has 120 valence electrons. The number of carbonyl (C=O) groups is 1. The summed E-state index contributed by atoms with van der Waals surface area (Å²) in [6, 6.07) is 3.31. The first-order valence-electron chi connectivity index (χ1n) is 5.35. The molecule has 0 aliphatic rings. The van der Waals surface area contributed by atoms with Gasteiger partial charge in [-0.15, -0.1) is 12.4 Å². The number of amides is 1. The van der Waals surface area contributed by atoms with Crippen molar-refractivity contribution in [3.63, 3.8) is 0 Å². The van der Waals surface area contributed by atoms with Crippen LogP contribution in [0.25, 0.3) is 0 Å². The van der Waals surface area contributed by atoms with E-state index in [1.54, 1.807) is 0 Å². The van der Waals surface area contributed by atoms with Crippen molar-refractivity contribution in [1.82, 2.24) is 5.32 Å². The van der Waals surface area contributed by atoms with Crippen LogP contribution in [0.1, 0.15) is 10.4 Å². The van der Waals surface area contributed by atoms with Crippen molar-refractivity contribution in [3.05, 3.63) is 28.8 Å². The lowest BCUT2D eigenvalue weighted by Gasteiger charge is -2.16. The molecule has 0 aromatic heterocycles. The Bertz CT molecular complexity index is 489. The molecule has 0 radical (unpaired) electrons. The fraction of sp³-hybridized carbons (Fsp3) is 0.364. The van der Waals surface area contributed by atoms with Gasteiger partial charge in [-0.05, 0) is 18.2 Å². The zero-order valence-corrected chi connectivity index (χ0v) is 12.0. The van der Waals surface area contributed by atoms with Gasteiger partial charge in [-0.2, -0.15) is 8.78 Å². The number of rotatable bonds is 6. The number of nitrogens with one attached hydrogen (secondary N) is 1. The number of benzene rings is 1. The number of carbonyl (C=O) groups excluding carboxylic acids is 1. The maximum atomic E-state index is 12.9. The lowest BCUT2D eigenvalue weighted by atomic mass is 10.2. The summed E-state index contributed by atoms with van der Waals surface area (Å²) in [5.74, 6) is -4.77. The summed E-state index contributed by atoms with van der Waals surface area (Å²) >= 11 is 5.62. The van der Waals surface area contributed by atoms with Gasteiger partial charge in [-0.1, -0.05) is 11.6 Å². The van der Waals surface area contributed by atoms with E-state index in [1.165, 1.54) is 6.07 Å². The summed E-state index contributed by atoms with van der Waals surface area (Å²) < 4.78 is 54.3. The molecule has 0 aliphatic carbocycles. The van der Waals surface area contributed by atoms with Crippen molar-refractivity contribution in [1.29, 1.82) is 0 Å². The highest BCUT2D eigenvalue weighted by molar-refractivity contribution is 6.31. The summed E-state index contributed by atoms with van der Waals surface area (Å²) in [6.07, 6.45) is 0. The van der Waals surface area contributed by atoms with Crippen LogP contribution in [0.2, 0.25) is 5.02 Å². The van der Waals surface area contributed by atoms with Crippen molar-refractivity contribution in [2.24, 2.45) is 5.73 Å². The third kappa shape index (κ3) is 6.36. The molecule has 1 aromatic carbocycles. The van der Waals surface area contributed by atoms with Crippen LogP contribution in [0.4, 0.5) is 17.6 Å². The molecule has 0 saturated heterocycles. The monoisotopic (exact) mass is 350 g/mol. The van der Waals surface area contributed by atoms with E-state index in [1.807, 2.05) is 5.32 Å². The van der Waals surface area contributed by atoms with Crippen LogP contribution in [0, 0.1) is 0 Å². The fourth-order valence-corrected chi connectivity index (χ4v) is 1.43. The summed E-state index contributed by atoms with van der Waals surface area (Å²) in [5.41, 5.74) is 4.44. The normalized spacial score (nSPS) is 11.0. The molecule has 0 bridgehead atoms. The molecule has 0 atom stereocenters. The van der Waals surface area contributed by atoms with Gasteiger partial charge in [0.15, 0.2) is 0 Å². The zero-order chi connectivity index (χ0) is 15.3. The number of hydrogen-bond acceptors (Lipinski definition) is 3. The van der Waals surface area contributed by atoms with Crippen LogP contribution in [-0.2, 0) is 0 Å². The second-order valence-corrected chi connectivity index (χ2v) is 4.20. The molecule has 21 heavy (non-hydrogen) atoms. The van der Waals surface area contributed by atoms with E-state index < -0.39 is 37.3 Å². The molecule has 1 amide bonds. The molecule has 0 saturated carbocycles. The van der Waals surface area contributed by atoms with Gasteiger partial charge >= 0.3 is 6.61 Å². The molecule has 0 spiro atoms. The Morgan fingerprint density at radius 3 is 2.57 bits per heavy atom. The van der Waals surface area contributed by atoms with Crippen LogP contribution >= 0.6 is 24.0 Å². The Hall–Kier alpha value is -1.25. The lowest BCUT2D eigenvalue weighted by Crippen LogP contribution is -2.41. The molecule has 10 heteroatoms. The van der Waals surface area contributed by atoms with E-state index in [0.29, 0.717) is 0 Å². The summed E-state index contributed by atoms with van der Waals surface area (Å²) in [5, 5.41) is 1.95. The third-order valence-corrected chi connectivity index (χ3v) is 2.44. The average Bonchev–Trinajstić information content (AvgIpc) is 2.37. The topological polar surface area (TPSA) is 64.3 Å². The largest absolute Gasteiger partial charge is 0.434 e. The van der Waals surface area contributed by atoms with E-state index in [0.717, 1.165) is 12.1 Å². The van der Waals surface area contributed by atoms with Crippen LogP contribution in [0.3, 0.4) is 0 Å². The van der Waals surface area contributed by atoms with Crippen molar-refractivity contribution >= 4 is 29.9 Å². The smallest absolute Gasteiger partial charge is 0.387 e. The van der Waals surface area contributed by atoms with Gasteiger partial charge in [-0.25, -0.2) is 8.78 Å². The Morgan fingerprint density at radius 1 is 1.43 bits per heavy atom. The number of hydrogen-bond donors (Lipinski definition) is 2. The standard InChI is InChI=1S/C11H11ClF4N2O2.ClH/c12-6-1-2-8(20-10(13)14)7(3-6)9(19)18-5-11(15,16)4-17;/h1-3,10H,4-5,17H2,(H,18,19);1H. The third-order valence-electron chi connectivity index (χ3n) is 2.21. The van der Waals surface area contributed by atoms with Crippen LogP contribution < -0.4 is 15.8 Å². The Labute approximate surface area is 129 Å². The summed E-state index contributed by atoms with van der Waals surface area (Å²) in [4.78, 5) is 11.7. The van der Waals surface area contributed by atoms with Gasteiger partial charge in [-0.3, -0.25) is 4.79 Å². The Balaban J connectivity index is 0.00000400. The molecule has 0 fully saturated rings.